The van der Waals surface area contributed by atoms with Crippen LogP contribution in [-0.4, -0.2) is 28.8 Å². The molecule has 0 radical (unpaired) electrons. The van der Waals surface area contributed by atoms with Gasteiger partial charge in [-0.15, -0.1) is 0 Å². The fraction of sp³-hybridized carbons (Fsp3) is 0.143. The minimum atomic E-state index is -1.18. The molecule has 0 fully saturated rings. The number of rotatable bonds is 7. The number of para-hydroxylation sites is 1. The molecule has 3 rings (SSSR count). The van der Waals surface area contributed by atoms with Gasteiger partial charge in [0.1, 0.15) is 12.6 Å². The maximum Gasteiger partial charge on any atom is 0.308 e. The molecule has 7 nitrogen and oxygen atoms in total. The Labute approximate surface area is 161 Å². The molecule has 0 unspecified atom stereocenters. The predicted octanol–water partition coefficient (Wildman–Crippen LogP) is 1.95. The molecule has 0 saturated heterocycles. The first-order valence-electron chi connectivity index (χ1n) is 8.67. The van der Waals surface area contributed by atoms with Crippen molar-refractivity contribution in [2.24, 2.45) is 5.73 Å². The molecule has 3 aromatic rings. The van der Waals surface area contributed by atoms with Crippen LogP contribution in [0.5, 0.6) is 0 Å². The Morgan fingerprint density at radius 3 is 2.50 bits per heavy atom. The molecular weight excluding hydrogens is 358 g/mol. The molecule has 0 bridgehead atoms. The number of amides is 2. The molecular formula is C21H19N3O4. The molecule has 0 aliphatic rings. The van der Waals surface area contributed by atoms with Gasteiger partial charge >= 0.3 is 5.97 Å². The Morgan fingerprint density at radius 2 is 1.75 bits per heavy atom. The van der Waals surface area contributed by atoms with Crippen molar-refractivity contribution in [1.29, 1.82) is 0 Å². The molecule has 1 heterocycles. The second kappa shape index (κ2) is 8.77. The van der Waals surface area contributed by atoms with Gasteiger partial charge in [-0.3, -0.25) is 19.4 Å². The van der Waals surface area contributed by atoms with Crippen LogP contribution in [0.25, 0.3) is 10.9 Å². The molecule has 1 atom stereocenters. The summed E-state index contributed by atoms with van der Waals surface area (Å²) in [4.78, 5) is 40.4. The quantitative estimate of drug-likeness (QED) is 0.611. The average molecular weight is 377 g/mol. The van der Waals surface area contributed by atoms with Gasteiger partial charge in [0.15, 0.2) is 0 Å². The lowest BCUT2D eigenvalue weighted by molar-refractivity contribution is -0.146. The number of pyridine rings is 1. The van der Waals surface area contributed by atoms with E-state index < -0.39 is 23.8 Å². The van der Waals surface area contributed by atoms with Gasteiger partial charge in [-0.2, -0.15) is 0 Å². The first-order chi connectivity index (χ1) is 13.5. The number of carbonyl (C=O) groups excluding carboxylic acids is 3. The Bertz CT molecular complexity index is 1000. The van der Waals surface area contributed by atoms with E-state index in [1.165, 1.54) is 6.20 Å². The lowest BCUT2D eigenvalue weighted by Gasteiger charge is -2.15. The summed E-state index contributed by atoms with van der Waals surface area (Å²) in [5, 5.41) is 3.26. The number of hydrogen-bond donors (Lipinski definition) is 2. The molecule has 142 valence electrons. The molecule has 28 heavy (non-hydrogen) atoms. The zero-order valence-corrected chi connectivity index (χ0v) is 15.0. The highest BCUT2D eigenvalue weighted by atomic mass is 16.5. The van der Waals surface area contributed by atoms with Crippen molar-refractivity contribution in [3.05, 3.63) is 78.0 Å². The van der Waals surface area contributed by atoms with E-state index >= 15 is 0 Å². The van der Waals surface area contributed by atoms with Crippen LogP contribution in [0.4, 0.5) is 0 Å². The van der Waals surface area contributed by atoms with Gasteiger partial charge in [0.25, 0.3) is 5.91 Å². The third kappa shape index (κ3) is 4.91. The van der Waals surface area contributed by atoms with E-state index in [2.05, 4.69) is 10.3 Å². The summed E-state index contributed by atoms with van der Waals surface area (Å²) in [5.74, 6) is -2.00. The van der Waals surface area contributed by atoms with Crippen LogP contribution in [0.2, 0.25) is 0 Å². The van der Waals surface area contributed by atoms with Crippen molar-refractivity contribution in [3.8, 4) is 0 Å². The van der Waals surface area contributed by atoms with Crippen molar-refractivity contribution >= 4 is 28.7 Å². The summed E-state index contributed by atoms with van der Waals surface area (Å²) in [6.07, 6.45) is 1.05. The topological polar surface area (TPSA) is 111 Å². The summed E-state index contributed by atoms with van der Waals surface area (Å²) in [5.41, 5.74) is 7.16. The number of hydrogen-bond acceptors (Lipinski definition) is 5. The van der Waals surface area contributed by atoms with E-state index in [0.717, 1.165) is 16.5 Å². The summed E-state index contributed by atoms with van der Waals surface area (Å²) in [6.45, 7) is 0.0771. The van der Waals surface area contributed by atoms with Crippen molar-refractivity contribution in [3.63, 3.8) is 0 Å². The number of fused-ring (bicyclic) bond motifs is 1. The maximum atomic E-state index is 12.5. The normalized spacial score (nSPS) is 11.6. The highest BCUT2D eigenvalue weighted by Crippen LogP contribution is 2.13. The molecule has 7 heteroatoms. The Kier molecular flexibility index (Phi) is 5.96. The number of ether oxygens (including phenoxy) is 1. The van der Waals surface area contributed by atoms with Crippen LogP contribution in [0, 0.1) is 0 Å². The van der Waals surface area contributed by atoms with Crippen LogP contribution >= 0.6 is 0 Å². The maximum absolute atomic E-state index is 12.5. The minimum absolute atomic E-state index is 0.0771. The molecule has 1 aromatic heterocycles. The summed E-state index contributed by atoms with van der Waals surface area (Å²) < 4.78 is 5.14. The van der Waals surface area contributed by atoms with Gasteiger partial charge in [0.05, 0.1) is 17.5 Å². The number of primary amides is 1. The lowest BCUT2D eigenvalue weighted by Crippen LogP contribution is -2.45. The average Bonchev–Trinajstić information content (AvgIpc) is 2.72. The van der Waals surface area contributed by atoms with Crippen molar-refractivity contribution in [2.45, 2.75) is 19.1 Å². The van der Waals surface area contributed by atoms with Crippen molar-refractivity contribution in [1.82, 2.24) is 10.3 Å². The van der Waals surface area contributed by atoms with Gasteiger partial charge < -0.3 is 15.8 Å². The molecule has 2 aromatic carbocycles. The highest BCUT2D eigenvalue weighted by molar-refractivity contribution is 6.00. The molecule has 0 aliphatic carbocycles. The van der Waals surface area contributed by atoms with Gasteiger partial charge in [0.2, 0.25) is 5.91 Å². The van der Waals surface area contributed by atoms with E-state index in [1.54, 1.807) is 6.07 Å². The predicted molar refractivity (Wildman–Crippen MR) is 103 cm³/mol. The van der Waals surface area contributed by atoms with Crippen LogP contribution < -0.4 is 11.1 Å². The van der Waals surface area contributed by atoms with Gasteiger partial charge in [-0.05, 0) is 17.7 Å². The van der Waals surface area contributed by atoms with E-state index in [-0.39, 0.29) is 18.6 Å². The van der Waals surface area contributed by atoms with E-state index in [1.807, 2.05) is 54.6 Å². The van der Waals surface area contributed by atoms with Crippen LogP contribution in [0.15, 0.2) is 66.9 Å². The van der Waals surface area contributed by atoms with Crippen LogP contribution in [-0.2, 0) is 20.9 Å². The first-order valence-corrected chi connectivity index (χ1v) is 8.67. The minimum Gasteiger partial charge on any atom is -0.461 e. The smallest absolute Gasteiger partial charge is 0.308 e. The van der Waals surface area contributed by atoms with E-state index in [4.69, 9.17) is 10.5 Å². The van der Waals surface area contributed by atoms with Gasteiger partial charge in [-0.1, -0.05) is 48.5 Å². The largest absolute Gasteiger partial charge is 0.461 e. The molecule has 0 saturated carbocycles. The SMILES string of the molecule is NC(=O)[C@@H](CC(=O)OCc1ccccc1)NC(=O)c1cnc2ccccc2c1. The molecule has 2 amide bonds. The fourth-order valence-electron chi connectivity index (χ4n) is 2.62. The number of aromatic nitrogens is 1. The number of nitrogens with zero attached hydrogens (tertiary/aromatic N) is 1. The highest BCUT2D eigenvalue weighted by Gasteiger charge is 2.23. The number of nitrogens with two attached hydrogens (primary N) is 1. The van der Waals surface area contributed by atoms with Crippen molar-refractivity contribution in [2.75, 3.05) is 0 Å². The first kappa shape index (κ1) is 19.0. The van der Waals surface area contributed by atoms with E-state index in [0.29, 0.717) is 0 Å². The molecule has 0 spiro atoms. The van der Waals surface area contributed by atoms with Crippen molar-refractivity contribution < 1.29 is 19.1 Å². The second-order valence-corrected chi connectivity index (χ2v) is 6.20. The lowest BCUT2D eigenvalue weighted by atomic mass is 10.1. The standard InChI is InChI=1S/C21H19N3O4/c22-20(26)18(11-19(25)28-13-14-6-2-1-3-7-14)24-21(27)16-10-15-8-4-5-9-17(15)23-12-16/h1-10,12,18H,11,13H2,(H2,22,26)(H,24,27)/t18-/m1/s1. The number of esters is 1. The van der Waals surface area contributed by atoms with Gasteiger partial charge in [-0.25, -0.2) is 0 Å². The Balaban J connectivity index is 1.62. The zero-order valence-electron chi connectivity index (χ0n) is 15.0. The van der Waals surface area contributed by atoms with Gasteiger partial charge in [0, 0.05) is 11.6 Å². The number of nitrogens with one attached hydrogen (secondary N) is 1. The summed E-state index contributed by atoms with van der Waals surface area (Å²) in [6, 6.07) is 16.9. The Morgan fingerprint density at radius 1 is 1.04 bits per heavy atom. The number of carbonyl (C=O) groups is 3. The van der Waals surface area contributed by atoms with E-state index in [9.17, 15) is 14.4 Å². The third-order valence-electron chi connectivity index (χ3n) is 4.11. The monoisotopic (exact) mass is 377 g/mol. The second-order valence-electron chi connectivity index (χ2n) is 6.20. The Hall–Kier alpha value is -3.74. The molecule has 3 N–H and O–H groups in total. The summed E-state index contributed by atoms with van der Waals surface area (Å²) >= 11 is 0. The molecule has 0 aliphatic heterocycles. The summed E-state index contributed by atoms with van der Waals surface area (Å²) in [7, 11) is 0. The number of benzene rings is 2. The zero-order chi connectivity index (χ0) is 19.9. The van der Waals surface area contributed by atoms with Crippen LogP contribution in [0.3, 0.4) is 0 Å². The fourth-order valence-corrected chi connectivity index (χ4v) is 2.62. The van der Waals surface area contributed by atoms with Crippen LogP contribution in [0.1, 0.15) is 22.3 Å². The third-order valence-corrected chi connectivity index (χ3v) is 4.11.